The van der Waals surface area contributed by atoms with Crippen LogP contribution in [0.1, 0.15) is 23.8 Å². The first kappa shape index (κ1) is 13.9. The highest BCUT2D eigenvalue weighted by Crippen LogP contribution is 2.13. The number of aryl methyl sites for hydroxylation is 1. The van der Waals surface area contributed by atoms with E-state index in [1.54, 1.807) is 42.5 Å². The molecule has 0 aliphatic carbocycles. The second-order valence-corrected chi connectivity index (χ2v) is 4.33. The van der Waals surface area contributed by atoms with Crippen LogP contribution in [0.15, 0.2) is 53.1 Å². The van der Waals surface area contributed by atoms with Gasteiger partial charge in [-0.2, -0.15) is 0 Å². The van der Waals surface area contributed by atoms with Crippen molar-refractivity contribution >= 4 is 11.9 Å². The molecule has 1 aromatic heterocycles. The summed E-state index contributed by atoms with van der Waals surface area (Å²) in [6.07, 6.45) is 2.17. The van der Waals surface area contributed by atoms with Crippen LogP contribution in [0.5, 0.6) is 0 Å². The lowest BCUT2D eigenvalue weighted by Gasteiger charge is -2.14. The molecular weight excluding hydrogens is 258 g/mol. The monoisotopic (exact) mass is 273 g/mol. The lowest BCUT2D eigenvalue weighted by Crippen LogP contribution is -2.33. The summed E-state index contributed by atoms with van der Waals surface area (Å²) in [7, 11) is 0. The SMILES string of the molecule is O=C(CCc1ccco1)NC(C(=O)O)c1ccccc1. The highest BCUT2D eigenvalue weighted by molar-refractivity contribution is 5.84. The van der Waals surface area contributed by atoms with Crippen molar-refractivity contribution in [3.63, 3.8) is 0 Å². The fourth-order valence-corrected chi connectivity index (χ4v) is 1.86. The van der Waals surface area contributed by atoms with Crippen LogP contribution in [-0.2, 0) is 16.0 Å². The van der Waals surface area contributed by atoms with Crippen LogP contribution in [0.2, 0.25) is 0 Å². The topological polar surface area (TPSA) is 79.5 Å². The van der Waals surface area contributed by atoms with Gasteiger partial charge in [-0.1, -0.05) is 30.3 Å². The number of benzene rings is 1. The van der Waals surface area contributed by atoms with Gasteiger partial charge in [0.05, 0.1) is 6.26 Å². The Morgan fingerprint density at radius 1 is 1.15 bits per heavy atom. The average Bonchev–Trinajstić information content (AvgIpc) is 2.96. The van der Waals surface area contributed by atoms with Crippen molar-refractivity contribution in [2.75, 3.05) is 0 Å². The van der Waals surface area contributed by atoms with E-state index in [9.17, 15) is 14.7 Å². The quantitative estimate of drug-likeness (QED) is 0.845. The molecule has 1 amide bonds. The Hall–Kier alpha value is -2.56. The van der Waals surface area contributed by atoms with Crippen molar-refractivity contribution in [2.24, 2.45) is 0 Å². The summed E-state index contributed by atoms with van der Waals surface area (Å²) >= 11 is 0. The molecule has 2 aromatic rings. The third kappa shape index (κ3) is 3.71. The van der Waals surface area contributed by atoms with E-state index in [1.165, 1.54) is 6.26 Å². The fourth-order valence-electron chi connectivity index (χ4n) is 1.86. The zero-order valence-electron chi connectivity index (χ0n) is 10.8. The number of hydrogen-bond acceptors (Lipinski definition) is 3. The molecule has 1 aromatic carbocycles. The molecule has 1 atom stereocenters. The van der Waals surface area contributed by atoms with Gasteiger partial charge >= 0.3 is 5.97 Å². The van der Waals surface area contributed by atoms with Crippen molar-refractivity contribution in [1.29, 1.82) is 0 Å². The number of nitrogens with one attached hydrogen (secondary N) is 1. The second-order valence-electron chi connectivity index (χ2n) is 4.33. The first-order chi connectivity index (χ1) is 9.66. The Morgan fingerprint density at radius 3 is 2.50 bits per heavy atom. The van der Waals surface area contributed by atoms with Crippen molar-refractivity contribution < 1.29 is 19.1 Å². The molecule has 20 heavy (non-hydrogen) atoms. The smallest absolute Gasteiger partial charge is 0.330 e. The van der Waals surface area contributed by atoms with Gasteiger partial charge in [-0.3, -0.25) is 4.79 Å². The summed E-state index contributed by atoms with van der Waals surface area (Å²) in [5.74, 6) is -0.702. The maximum absolute atomic E-state index is 11.8. The van der Waals surface area contributed by atoms with Gasteiger partial charge in [0, 0.05) is 12.8 Å². The molecule has 5 nitrogen and oxygen atoms in total. The number of carbonyl (C=O) groups is 2. The number of carboxylic acids is 1. The highest BCUT2D eigenvalue weighted by atomic mass is 16.4. The molecule has 1 heterocycles. The summed E-state index contributed by atoms with van der Waals surface area (Å²) in [6, 6.07) is 11.1. The molecule has 0 radical (unpaired) electrons. The van der Waals surface area contributed by atoms with E-state index in [1.807, 2.05) is 0 Å². The Balaban J connectivity index is 1.95. The maximum Gasteiger partial charge on any atom is 0.330 e. The third-order valence-electron chi connectivity index (χ3n) is 2.86. The van der Waals surface area contributed by atoms with Crippen LogP contribution in [0.3, 0.4) is 0 Å². The normalized spacial score (nSPS) is 11.8. The lowest BCUT2D eigenvalue weighted by atomic mass is 10.1. The largest absolute Gasteiger partial charge is 0.479 e. The van der Waals surface area contributed by atoms with Crippen LogP contribution in [0.25, 0.3) is 0 Å². The molecule has 2 N–H and O–H groups in total. The third-order valence-corrected chi connectivity index (χ3v) is 2.86. The van der Waals surface area contributed by atoms with Gasteiger partial charge in [0.2, 0.25) is 5.91 Å². The predicted molar refractivity (Wildman–Crippen MR) is 72.0 cm³/mol. The van der Waals surface area contributed by atoms with E-state index in [2.05, 4.69) is 5.32 Å². The minimum absolute atomic E-state index is 0.185. The van der Waals surface area contributed by atoms with E-state index in [0.29, 0.717) is 17.7 Å². The van der Waals surface area contributed by atoms with Crippen molar-refractivity contribution in [3.05, 3.63) is 60.1 Å². The Labute approximate surface area is 116 Å². The number of carbonyl (C=O) groups excluding carboxylic acids is 1. The predicted octanol–water partition coefficient (Wildman–Crippen LogP) is 2.15. The van der Waals surface area contributed by atoms with Gasteiger partial charge in [-0.15, -0.1) is 0 Å². The van der Waals surface area contributed by atoms with Crippen LogP contribution in [0, 0.1) is 0 Å². The molecule has 0 spiro atoms. The molecule has 0 saturated heterocycles. The molecule has 0 aliphatic rings. The zero-order valence-corrected chi connectivity index (χ0v) is 10.8. The van der Waals surface area contributed by atoms with Gasteiger partial charge in [0.15, 0.2) is 6.04 Å². The summed E-state index contributed by atoms with van der Waals surface area (Å²) in [4.78, 5) is 23.0. The summed E-state index contributed by atoms with van der Waals surface area (Å²) < 4.78 is 5.12. The van der Waals surface area contributed by atoms with Gasteiger partial charge in [-0.05, 0) is 17.7 Å². The van der Waals surface area contributed by atoms with Gasteiger partial charge in [0.1, 0.15) is 5.76 Å². The molecule has 104 valence electrons. The van der Waals surface area contributed by atoms with E-state index in [-0.39, 0.29) is 12.3 Å². The van der Waals surface area contributed by atoms with Crippen molar-refractivity contribution in [3.8, 4) is 0 Å². The van der Waals surface area contributed by atoms with Crippen LogP contribution in [-0.4, -0.2) is 17.0 Å². The zero-order chi connectivity index (χ0) is 14.4. The van der Waals surface area contributed by atoms with Gasteiger partial charge in [-0.25, -0.2) is 4.79 Å². The maximum atomic E-state index is 11.8. The van der Waals surface area contributed by atoms with E-state index < -0.39 is 12.0 Å². The summed E-state index contributed by atoms with van der Waals surface area (Å²) in [6.45, 7) is 0. The molecule has 0 aliphatic heterocycles. The number of amides is 1. The Bertz CT molecular complexity index is 563. The average molecular weight is 273 g/mol. The molecule has 0 bridgehead atoms. The molecule has 2 rings (SSSR count). The molecule has 0 fully saturated rings. The number of rotatable bonds is 6. The highest BCUT2D eigenvalue weighted by Gasteiger charge is 2.21. The molecule has 0 saturated carbocycles. The Morgan fingerprint density at radius 2 is 1.90 bits per heavy atom. The first-order valence-corrected chi connectivity index (χ1v) is 6.26. The van der Waals surface area contributed by atoms with Crippen molar-refractivity contribution in [1.82, 2.24) is 5.32 Å². The lowest BCUT2D eigenvalue weighted by molar-refractivity contribution is -0.142. The standard InChI is InChI=1S/C15H15NO4/c17-13(9-8-12-7-4-10-20-12)16-14(15(18)19)11-5-2-1-3-6-11/h1-7,10,14H,8-9H2,(H,16,17)(H,18,19). The molecule has 1 unspecified atom stereocenters. The number of hydrogen-bond donors (Lipinski definition) is 2. The number of aliphatic carboxylic acids is 1. The second kappa shape index (κ2) is 6.56. The van der Waals surface area contributed by atoms with Gasteiger partial charge < -0.3 is 14.8 Å². The van der Waals surface area contributed by atoms with Gasteiger partial charge in [0.25, 0.3) is 0 Å². The Kier molecular flexibility index (Phi) is 4.55. The summed E-state index contributed by atoms with van der Waals surface area (Å²) in [5.41, 5.74) is 0.548. The van der Waals surface area contributed by atoms with E-state index >= 15 is 0 Å². The molecular formula is C15H15NO4. The van der Waals surface area contributed by atoms with E-state index in [4.69, 9.17) is 4.42 Å². The summed E-state index contributed by atoms with van der Waals surface area (Å²) in [5, 5.41) is 11.7. The van der Waals surface area contributed by atoms with E-state index in [0.717, 1.165) is 0 Å². The fraction of sp³-hybridized carbons (Fsp3) is 0.200. The van der Waals surface area contributed by atoms with Crippen LogP contribution in [0.4, 0.5) is 0 Å². The number of carboxylic acid groups (broad SMARTS) is 1. The minimum Gasteiger partial charge on any atom is -0.479 e. The molecule has 5 heteroatoms. The van der Waals surface area contributed by atoms with Crippen LogP contribution >= 0.6 is 0 Å². The van der Waals surface area contributed by atoms with Crippen molar-refractivity contribution in [2.45, 2.75) is 18.9 Å². The minimum atomic E-state index is -1.08. The number of furan rings is 1. The first-order valence-electron chi connectivity index (χ1n) is 6.26. The van der Waals surface area contributed by atoms with Crippen LogP contribution < -0.4 is 5.32 Å².